The maximum absolute atomic E-state index is 12.5. The molecule has 5 nitrogen and oxygen atoms in total. The van der Waals surface area contributed by atoms with Crippen molar-refractivity contribution in [2.75, 3.05) is 5.75 Å². The second-order valence-electron chi connectivity index (χ2n) is 5.55. The number of carbonyl (C=O) groups excluding carboxylic acids is 1. The molecule has 8 heteroatoms. The van der Waals surface area contributed by atoms with Gasteiger partial charge in [0.05, 0.1) is 27.5 Å². The Morgan fingerprint density at radius 1 is 1.36 bits per heavy atom. The van der Waals surface area contributed by atoms with Crippen LogP contribution in [-0.4, -0.2) is 21.2 Å². The number of thiophene rings is 1. The lowest BCUT2D eigenvalue weighted by Gasteiger charge is -2.09. The number of benzene rings is 1. The first kappa shape index (κ1) is 18.0. The summed E-state index contributed by atoms with van der Waals surface area (Å²) in [6.07, 6.45) is 0. The third-order valence-corrected chi connectivity index (χ3v) is 5.87. The number of aromatic nitrogens is 2. The van der Waals surface area contributed by atoms with Gasteiger partial charge in [0.1, 0.15) is 0 Å². The van der Waals surface area contributed by atoms with E-state index in [9.17, 15) is 9.59 Å². The van der Waals surface area contributed by atoms with Crippen molar-refractivity contribution in [2.45, 2.75) is 18.6 Å². The second-order valence-corrected chi connectivity index (χ2v) is 8.29. The Labute approximate surface area is 158 Å². The molecule has 0 bridgehead atoms. The fourth-order valence-corrected chi connectivity index (χ4v) is 4.14. The molecule has 0 fully saturated rings. The zero-order chi connectivity index (χ0) is 18.0. The number of hydrogen-bond donors (Lipinski definition) is 1. The van der Waals surface area contributed by atoms with Crippen molar-refractivity contribution in [1.29, 1.82) is 0 Å². The van der Waals surface area contributed by atoms with Crippen LogP contribution in [0, 0.1) is 6.92 Å². The maximum atomic E-state index is 12.5. The molecule has 130 valence electrons. The fourth-order valence-electron chi connectivity index (χ4n) is 2.31. The largest absolute Gasteiger partial charge is 0.350 e. The van der Waals surface area contributed by atoms with Crippen LogP contribution in [0.2, 0.25) is 4.34 Å². The Hall–Kier alpha value is -1.83. The van der Waals surface area contributed by atoms with Gasteiger partial charge in [0.15, 0.2) is 5.16 Å². The minimum atomic E-state index is -0.118. The van der Waals surface area contributed by atoms with Crippen molar-refractivity contribution in [1.82, 2.24) is 14.9 Å². The highest BCUT2D eigenvalue weighted by Crippen LogP contribution is 2.21. The lowest BCUT2D eigenvalue weighted by Crippen LogP contribution is -2.25. The van der Waals surface area contributed by atoms with Crippen molar-refractivity contribution in [3.8, 4) is 0 Å². The van der Waals surface area contributed by atoms with Gasteiger partial charge in [-0.15, -0.1) is 11.3 Å². The van der Waals surface area contributed by atoms with Crippen LogP contribution in [0.4, 0.5) is 0 Å². The zero-order valence-corrected chi connectivity index (χ0v) is 16.1. The van der Waals surface area contributed by atoms with Crippen LogP contribution in [-0.2, 0) is 18.4 Å². The third-order valence-electron chi connectivity index (χ3n) is 3.61. The van der Waals surface area contributed by atoms with Crippen LogP contribution >= 0.6 is 34.7 Å². The van der Waals surface area contributed by atoms with E-state index in [0.717, 1.165) is 10.4 Å². The standard InChI is InChI=1S/C17H16ClN3O2S2/c1-10-3-5-13-12(7-10)16(23)21(2)17(20-13)24-9-15(22)19-8-11-4-6-14(18)25-11/h3-7H,8-9H2,1-2H3,(H,19,22). The molecule has 2 heterocycles. The van der Waals surface area contributed by atoms with Crippen LogP contribution in [0.15, 0.2) is 40.3 Å². The molecule has 0 saturated heterocycles. The average molecular weight is 394 g/mol. The maximum Gasteiger partial charge on any atom is 0.261 e. The summed E-state index contributed by atoms with van der Waals surface area (Å²) in [5.41, 5.74) is 1.55. The first-order chi connectivity index (χ1) is 11.9. The number of hydrogen-bond acceptors (Lipinski definition) is 5. The number of thioether (sulfide) groups is 1. The third kappa shape index (κ3) is 4.23. The van der Waals surface area contributed by atoms with Gasteiger partial charge in [0, 0.05) is 11.9 Å². The predicted octanol–water partition coefficient (Wildman–Crippen LogP) is 3.37. The van der Waals surface area contributed by atoms with Gasteiger partial charge in [0.25, 0.3) is 5.56 Å². The Morgan fingerprint density at radius 3 is 2.88 bits per heavy atom. The number of nitrogens with zero attached hydrogens (tertiary/aromatic N) is 2. The summed E-state index contributed by atoms with van der Waals surface area (Å²) < 4.78 is 2.18. The SMILES string of the molecule is Cc1ccc2nc(SCC(=O)NCc3ccc(Cl)s3)n(C)c(=O)c2c1. The van der Waals surface area contributed by atoms with Crippen LogP contribution in [0.3, 0.4) is 0 Å². The van der Waals surface area contributed by atoms with Gasteiger partial charge in [-0.2, -0.15) is 0 Å². The summed E-state index contributed by atoms with van der Waals surface area (Å²) in [4.78, 5) is 30.0. The van der Waals surface area contributed by atoms with E-state index in [-0.39, 0.29) is 17.2 Å². The van der Waals surface area contributed by atoms with Gasteiger partial charge in [-0.1, -0.05) is 35.0 Å². The molecule has 0 aliphatic carbocycles. The van der Waals surface area contributed by atoms with E-state index in [1.807, 2.05) is 31.2 Å². The molecule has 25 heavy (non-hydrogen) atoms. The summed E-state index contributed by atoms with van der Waals surface area (Å²) >= 11 is 8.55. The summed E-state index contributed by atoms with van der Waals surface area (Å²) in [5, 5.41) is 3.95. The number of halogens is 1. The quantitative estimate of drug-likeness (QED) is 0.533. The Bertz CT molecular complexity index is 997. The molecule has 1 aromatic carbocycles. The smallest absolute Gasteiger partial charge is 0.261 e. The van der Waals surface area contributed by atoms with E-state index in [0.29, 0.717) is 26.9 Å². The van der Waals surface area contributed by atoms with Crippen LogP contribution in [0.5, 0.6) is 0 Å². The van der Waals surface area contributed by atoms with Crippen molar-refractivity contribution < 1.29 is 4.79 Å². The molecule has 0 atom stereocenters. The Morgan fingerprint density at radius 2 is 2.16 bits per heavy atom. The van der Waals surface area contributed by atoms with Gasteiger partial charge in [-0.25, -0.2) is 4.98 Å². The molecule has 0 radical (unpaired) electrons. The van der Waals surface area contributed by atoms with Gasteiger partial charge < -0.3 is 5.32 Å². The molecule has 0 aliphatic heterocycles. The van der Waals surface area contributed by atoms with Crippen LogP contribution in [0.1, 0.15) is 10.4 Å². The summed E-state index contributed by atoms with van der Waals surface area (Å²) in [6, 6.07) is 9.27. The number of amides is 1. The van der Waals surface area contributed by atoms with E-state index >= 15 is 0 Å². The number of carbonyl (C=O) groups is 1. The fraction of sp³-hybridized carbons (Fsp3) is 0.235. The molecular formula is C17H16ClN3O2S2. The van der Waals surface area contributed by atoms with Crippen LogP contribution < -0.4 is 10.9 Å². The van der Waals surface area contributed by atoms with E-state index in [1.165, 1.54) is 27.7 Å². The molecule has 2 aromatic heterocycles. The van der Waals surface area contributed by atoms with Crippen molar-refractivity contribution >= 4 is 51.5 Å². The lowest BCUT2D eigenvalue weighted by atomic mass is 10.2. The highest BCUT2D eigenvalue weighted by atomic mass is 35.5. The molecule has 0 spiro atoms. The summed E-state index contributed by atoms with van der Waals surface area (Å²) in [5.74, 6) is 0.0734. The predicted molar refractivity (Wildman–Crippen MR) is 104 cm³/mol. The van der Waals surface area contributed by atoms with E-state index in [4.69, 9.17) is 11.6 Å². The minimum absolute atomic E-state index is 0.107. The average Bonchev–Trinajstić information content (AvgIpc) is 3.01. The molecule has 0 unspecified atom stereocenters. The van der Waals surface area contributed by atoms with Crippen molar-refractivity contribution in [2.24, 2.45) is 7.05 Å². The Kier molecular flexibility index (Phi) is 5.46. The normalized spacial score (nSPS) is 11.0. The van der Waals surface area contributed by atoms with Crippen molar-refractivity contribution in [3.63, 3.8) is 0 Å². The lowest BCUT2D eigenvalue weighted by molar-refractivity contribution is -0.118. The topological polar surface area (TPSA) is 64.0 Å². The molecule has 1 amide bonds. The highest BCUT2D eigenvalue weighted by Gasteiger charge is 2.11. The van der Waals surface area contributed by atoms with E-state index in [2.05, 4.69) is 10.3 Å². The first-order valence-electron chi connectivity index (χ1n) is 7.55. The van der Waals surface area contributed by atoms with Gasteiger partial charge in [-0.3, -0.25) is 14.2 Å². The minimum Gasteiger partial charge on any atom is -0.350 e. The molecule has 3 rings (SSSR count). The number of aryl methyl sites for hydroxylation is 1. The highest BCUT2D eigenvalue weighted by molar-refractivity contribution is 7.99. The number of nitrogens with one attached hydrogen (secondary N) is 1. The van der Waals surface area contributed by atoms with Crippen molar-refractivity contribution in [3.05, 3.63) is 55.5 Å². The van der Waals surface area contributed by atoms with Gasteiger partial charge >= 0.3 is 0 Å². The first-order valence-corrected chi connectivity index (χ1v) is 9.73. The zero-order valence-electron chi connectivity index (χ0n) is 13.7. The van der Waals surface area contributed by atoms with Gasteiger partial charge in [-0.05, 0) is 31.2 Å². The molecule has 1 N–H and O–H groups in total. The summed E-state index contributed by atoms with van der Waals surface area (Å²) in [7, 11) is 1.67. The number of fused-ring (bicyclic) bond motifs is 1. The van der Waals surface area contributed by atoms with E-state index in [1.54, 1.807) is 13.1 Å². The number of rotatable bonds is 5. The van der Waals surface area contributed by atoms with E-state index < -0.39 is 0 Å². The van der Waals surface area contributed by atoms with Gasteiger partial charge in [0.2, 0.25) is 5.91 Å². The monoisotopic (exact) mass is 393 g/mol. The molecule has 0 saturated carbocycles. The Balaban J connectivity index is 1.68. The summed E-state index contributed by atoms with van der Waals surface area (Å²) in [6.45, 7) is 2.38. The molecule has 0 aliphatic rings. The second kappa shape index (κ2) is 7.59. The molecular weight excluding hydrogens is 378 g/mol. The van der Waals surface area contributed by atoms with Crippen LogP contribution in [0.25, 0.3) is 10.9 Å². The molecule has 3 aromatic rings.